The molecule has 4 rings (SSSR count). The van der Waals surface area contributed by atoms with Gasteiger partial charge in [0.2, 0.25) is 5.91 Å². The van der Waals surface area contributed by atoms with Gasteiger partial charge < -0.3 is 26.0 Å². The van der Waals surface area contributed by atoms with E-state index in [0.717, 1.165) is 46.4 Å². The molecule has 0 aromatic heterocycles. The highest BCUT2D eigenvalue weighted by Gasteiger charge is 2.18. The normalized spacial score (nSPS) is 16.0. The lowest BCUT2D eigenvalue weighted by molar-refractivity contribution is -0.131. The minimum Gasteiger partial charge on any atom is -0.506 e. The fraction of sp³-hybridized carbons (Fsp3) is 0.261. The van der Waals surface area contributed by atoms with E-state index in [1.54, 1.807) is 12.1 Å². The van der Waals surface area contributed by atoms with Gasteiger partial charge in [-0.05, 0) is 71.9 Å². The van der Waals surface area contributed by atoms with Crippen molar-refractivity contribution in [2.75, 3.05) is 17.2 Å². The Morgan fingerprint density at radius 2 is 1.90 bits per heavy atom. The fourth-order valence-corrected chi connectivity index (χ4v) is 3.63. The average Bonchev–Trinajstić information content (AvgIpc) is 3.16. The lowest BCUT2D eigenvalue weighted by Gasteiger charge is -2.18. The summed E-state index contributed by atoms with van der Waals surface area (Å²) in [7, 11) is 0. The van der Waals surface area contributed by atoms with E-state index in [1.807, 2.05) is 18.2 Å². The molecule has 1 aliphatic carbocycles. The molecule has 2 aliphatic rings. The van der Waals surface area contributed by atoms with Crippen LogP contribution in [-0.2, 0) is 11.2 Å². The second kappa shape index (κ2) is 7.39. The van der Waals surface area contributed by atoms with Crippen LogP contribution in [0.1, 0.15) is 36.5 Å². The number of benzene rings is 2. The van der Waals surface area contributed by atoms with Crippen LogP contribution in [0.4, 0.5) is 11.4 Å². The van der Waals surface area contributed by atoms with Gasteiger partial charge in [-0.15, -0.1) is 0 Å². The number of rotatable bonds is 5. The molecule has 2 aromatic rings. The van der Waals surface area contributed by atoms with Gasteiger partial charge in [0.05, 0.1) is 12.2 Å². The van der Waals surface area contributed by atoms with Crippen LogP contribution in [0.2, 0.25) is 0 Å². The number of carbonyl (C=O) groups excluding carboxylic acids is 1. The SMILES string of the molecule is CC(O)(O)CNc1ccc(C2=CC(c3ccc4c(c3)CCC(=O)N4)=CC2)cc1O. The highest BCUT2D eigenvalue weighted by Crippen LogP contribution is 2.36. The highest BCUT2D eigenvalue weighted by atomic mass is 16.5. The number of anilines is 2. The highest BCUT2D eigenvalue weighted by molar-refractivity contribution is 5.95. The van der Waals surface area contributed by atoms with Crippen molar-refractivity contribution in [3.63, 3.8) is 0 Å². The molecule has 2 aromatic carbocycles. The van der Waals surface area contributed by atoms with E-state index < -0.39 is 5.79 Å². The third-order valence-corrected chi connectivity index (χ3v) is 5.19. The molecule has 1 amide bonds. The fourth-order valence-electron chi connectivity index (χ4n) is 3.63. The van der Waals surface area contributed by atoms with Gasteiger partial charge in [-0.2, -0.15) is 0 Å². The summed E-state index contributed by atoms with van der Waals surface area (Å²) in [6.07, 6.45) is 6.30. The molecule has 1 aliphatic heterocycles. The molecule has 29 heavy (non-hydrogen) atoms. The summed E-state index contributed by atoms with van der Waals surface area (Å²) in [5.41, 5.74) is 6.74. The molecular weight excluding hydrogens is 368 g/mol. The molecule has 5 N–H and O–H groups in total. The van der Waals surface area contributed by atoms with Crippen molar-refractivity contribution in [1.29, 1.82) is 0 Å². The Bertz CT molecular complexity index is 1030. The van der Waals surface area contributed by atoms with Crippen molar-refractivity contribution >= 4 is 28.4 Å². The molecule has 150 valence electrons. The number of phenols is 1. The van der Waals surface area contributed by atoms with Crippen LogP contribution < -0.4 is 10.6 Å². The Morgan fingerprint density at radius 3 is 2.66 bits per heavy atom. The van der Waals surface area contributed by atoms with Crippen molar-refractivity contribution in [3.8, 4) is 5.75 Å². The quantitative estimate of drug-likeness (QED) is 0.397. The topological polar surface area (TPSA) is 102 Å². The first-order chi connectivity index (χ1) is 13.8. The number of aromatic hydroxyl groups is 1. The Labute approximate surface area is 169 Å². The Balaban J connectivity index is 1.51. The first kappa shape index (κ1) is 19.2. The van der Waals surface area contributed by atoms with E-state index in [9.17, 15) is 20.1 Å². The molecule has 0 fully saturated rings. The monoisotopic (exact) mass is 392 g/mol. The molecule has 6 nitrogen and oxygen atoms in total. The number of aliphatic hydroxyl groups is 2. The Hall–Kier alpha value is -3.09. The van der Waals surface area contributed by atoms with Gasteiger partial charge in [0.1, 0.15) is 5.75 Å². The lowest BCUT2D eigenvalue weighted by Crippen LogP contribution is -2.32. The number of allylic oxidation sites excluding steroid dienone is 4. The zero-order valence-corrected chi connectivity index (χ0v) is 16.2. The number of hydrogen-bond donors (Lipinski definition) is 5. The third-order valence-electron chi connectivity index (χ3n) is 5.19. The number of phenolic OH excluding ortho intramolecular Hbond substituents is 1. The molecule has 0 spiro atoms. The average molecular weight is 392 g/mol. The summed E-state index contributed by atoms with van der Waals surface area (Å²) in [5.74, 6) is -1.73. The van der Waals surface area contributed by atoms with E-state index in [4.69, 9.17) is 0 Å². The van der Waals surface area contributed by atoms with Gasteiger partial charge in [-0.25, -0.2) is 0 Å². The first-order valence-electron chi connectivity index (χ1n) is 9.64. The van der Waals surface area contributed by atoms with Crippen LogP contribution in [0.3, 0.4) is 0 Å². The molecule has 0 radical (unpaired) electrons. The van der Waals surface area contributed by atoms with E-state index in [2.05, 4.69) is 28.9 Å². The zero-order chi connectivity index (χ0) is 20.6. The van der Waals surface area contributed by atoms with Crippen LogP contribution in [0.25, 0.3) is 11.1 Å². The predicted molar refractivity (Wildman–Crippen MR) is 113 cm³/mol. The maximum Gasteiger partial charge on any atom is 0.224 e. The summed E-state index contributed by atoms with van der Waals surface area (Å²) in [4.78, 5) is 11.5. The second-order valence-electron chi connectivity index (χ2n) is 7.76. The summed E-state index contributed by atoms with van der Waals surface area (Å²) in [6.45, 7) is 1.18. The van der Waals surface area contributed by atoms with Gasteiger partial charge in [0.25, 0.3) is 0 Å². The number of amides is 1. The van der Waals surface area contributed by atoms with Crippen molar-refractivity contribution in [3.05, 3.63) is 65.2 Å². The number of hydrogen-bond acceptors (Lipinski definition) is 5. The van der Waals surface area contributed by atoms with Gasteiger partial charge in [0.15, 0.2) is 5.79 Å². The van der Waals surface area contributed by atoms with Gasteiger partial charge in [0, 0.05) is 12.1 Å². The van der Waals surface area contributed by atoms with Crippen LogP contribution in [-0.4, -0.2) is 33.6 Å². The van der Waals surface area contributed by atoms with Gasteiger partial charge in [-0.1, -0.05) is 24.3 Å². The van der Waals surface area contributed by atoms with Crippen LogP contribution in [0.5, 0.6) is 5.75 Å². The Morgan fingerprint density at radius 1 is 1.10 bits per heavy atom. The van der Waals surface area contributed by atoms with Crippen molar-refractivity contribution in [2.24, 2.45) is 0 Å². The van der Waals surface area contributed by atoms with E-state index in [-0.39, 0.29) is 18.2 Å². The van der Waals surface area contributed by atoms with E-state index in [1.165, 1.54) is 6.92 Å². The molecule has 0 unspecified atom stereocenters. The summed E-state index contributed by atoms with van der Waals surface area (Å²) < 4.78 is 0. The van der Waals surface area contributed by atoms with Gasteiger partial charge in [-0.3, -0.25) is 4.79 Å². The summed E-state index contributed by atoms with van der Waals surface area (Å²) in [5, 5.41) is 34.8. The minimum absolute atomic E-state index is 0.0608. The predicted octanol–water partition coefficient (Wildman–Crippen LogP) is 3.26. The molecule has 6 heteroatoms. The molecule has 1 heterocycles. The van der Waals surface area contributed by atoms with Crippen LogP contribution in [0.15, 0.2) is 48.6 Å². The number of carbonyl (C=O) groups is 1. The minimum atomic E-state index is -1.85. The molecule has 0 bridgehead atoms. The van der Waals surface area contributed by atoms with E-state index in [0.29, 0.717) is 12.1 Å². The third kappa shape index (κ3) is 4.34. The standard InChI is InChI=1S/C23H24N2O4/c1-23(28,29)13-24-20-8-5-17(12-21(20)26)15-3-2-14(10-15)16-4-7-19-18(11-16)6-9-22(27)25-19/h2,4-5,7-8,10-12,24,26,28-29H,3,6,9,13H2,1H3,(H,25,27). The molecule has 0 atom stereocenters. The number of aryl methyl sites for hydroxylation is 1. The second-order valence-corrected chi connectivity index (χ2v) is 7.76. The summed E-state index contributed by atoms with van der Waals surface area (Å²) >= 11 is 0. The van der Waals surface area contributed by atoms with Crippen LogP contribution >= 0.6 is 0 Å². The first-order valence-corrected chi connectivity index (χ1v) is 9.64. The van der Waals surface area contributed by atoms with Crippen molar-refractivity contribution in [2.45, 2.75) is 32.0 Å². The zero-order valence-electron chi connectivity index (χ0n) is 16.2. The van der Waals surface area contributed by atoms with Crippen molar-refractivity contribution < 1.29 is 20.1 Å². The lowest BCUT2D eigenvalue weighted by atomic mass is 9.97. The number of nitrogens with one attached hydrogen (secondary N) is 2. The largest absolute Gasteiger partial charge is 0.506 e. The molecule has 0 saturated heterocycles. The van der Waals surface area contributed by atoms with Crippen molar-refractivity contribution in [1.82, 2.24) is 0 Å². The Kier molecular flexibility index (Phi) is 4.90. The summed E-state index contributed by atoms with van der Waals surface area (Å²) in [6, 6.07) is 11.4. The maximum absolute atomic E-state index is 11.5. The van der Waals surface area contributed by atoms with E-state index >= 15 is 0 Å². The maximum atomic E-state index is 11.5. The molecule has 0 saturated carbocycles. The number of fused-ring (bicyclic) bond motifs is 1. The van der Waals surface area contributed by atoms with Gasteiger partial charge >= 0.3 is 0 Å². The van der Waals surface area contributed by atoms with Crippen LogP contribution in [0, 0.1) is 0 Å². The molecular formula is C23H24N2O4. The smallest absolute Gasteiger partial charge is 0.224 e.